The summed E-state index contributed by atoms with van der Waals surface area (Å²) in [5.41, 5.74) is 3.73. The number of imide groups is 1. The average molecular weight is 403 g/mol. The van der Waals surface area contributed by atoms with Gasteiger partial charge < -0.3 is 5.32 Å². The molecule has 3 aromatic rings. The van der Waals surface area contributed by atoms with E-state index in [4.69, 9.17) is 11.6 Å². The van der Waals surface area contributed by atoms with Crippen LogP contribution in [0.3, 0.4) is 0 Å². The minimum atomic E-state index is -0.350. The van der Waals surface area contributed by atoms with Gasteiger partial charge in [0.2, 0.25) is 0 Å². The molecule has 1 aliphatic heterocycles. The summed E-state index contributed by atoms with van der Waals surface area (Å²) < 4.78 is 0. The van der Waals surface area contributed by atoms with Crippen molar-refractivity contribution in [2.75, 3.05) is 5.32 Å². The van der Waals surface area contributed by atoms with Gasteiger partial charge in [-0.3, -0.25) is 14.5 Å². The second-order valence-electron chi connectivity index (χ2n) is 6.84. The summed E-state index contributed by atoms with van der Waals surface area (Å²) in [6, 6.07) is 24.2. The van der Waals surface area contributed by atoms with Crippen LogP contribution in [0.1, 0.15) is 16.7 Å². The molecule has 0 aliphatic carbocycles. The van der Waals surface area contributed by atoms with Crippen LogP contribution >= 0.6 is 11.6 Å². The van der Waals surface area contributed by atoms with Crippen LogP contribution in [0.5, 0.6) is 0 Å². The van der Waals surface area contributed by atoms with Gasteiger partial charge in [-0.2, -0.15) is 0 Å². The number of nitrogens with one attached hydrogen (secondary N) is 1. The van der Waals surface area contributed by atoms with Crippen molar-refractivity contribution in [3.05, 3.63) is 106 Å². The molecule has 0 unspecified atom stereocenters. The second kappa shape index (κ2) is 7.94. The van der Waals surface area contributed by atoms with E-state index in [9.17, 15) is 9.59 Å². The lowest BCUT2D eigenvalue weighted by Gasteiger charge is -2.16. The number of carbonyl (C=O) groups is 2. The number of rotatable bonds is 5. The molecule has 0 atom stereocenters. The molecule has 1 heterocycles. The Bertz CT molecular complexity index is 1110. The first-order valence-electron chi connectivity index (χ1n) is 9.28. The van der Waals surface area contributed by atoms with Crippen LogP contribution in [-0.2, 0) is 16.1 Å². The Morgan fingerprint density at radius 1 is 0.828 bits per heavy atom. The molecule has 3 aromatic carbocycles. The second-order valence-corrected chi connectivity index (χ2v) is 7.24. The topological polar surface area (TPSA) is 49.4 Å². The fraction of sp³-hybridized carbons (Fsp3) is 0.0833. The van der Waals surface area contributed by atoms with Crippen molar-refractivity contribution in [2.45, 2.75) is 13.5 Å². The Balaban J connectivity index is 1.76. The molecule has 2 amide bonds. The monoisotopic (exact) mass is 402 g/mol. The van der Waals surface area contributed by atoms with Gasteiger partial charge in [0.05, 0.1) is 12.1 Å². The number of anilines is 1. The van der Waals surface area contributed by atoms with E-state index in [0.29, 0.717) is 21.8 Å². The van der Waals surface area contributed by atoms with E-state index < -0.39 is 0 Å². The summed E-state index contributed by atoms with van der Waals surface area (Å²) in [5.74, 6) is -0.663. The van der Waals surface area contributed by atoms with Gasteiger partial charge in [-0.25, -0.2) is 0 Å². The summed E-state index contributed by atoms with van der Waals surface area (Å²) in [5, 5.41) is 3.77. The first-order chi connectivity index (χ1) is 14.1. The molecule has 0 saturated carbocycles. The van der Waals surface area contributed by atoms with Crippen molar-refractivity contribution in [3.63, 3.8) is 0 Å². The number of halogens is 1. The van der Waals surface area contributed by atoms with E-state index >= 15 is 0 Å². The molecule has 144 valence electrons. The largest absolute Gasteiger partial charge is 0.350 e. The Morgan fingerprint density at radius 2 is 1.48 bits per heavy atom. The smallest absolute Gasteiger partial charge is 0.278 e. The third kappa shape index (κ3) is 3.67. The van der Waals surface area contributed by atoms with Gasteiger partial charge >= 0.3 is 0 Å². The molecule has 0 saturated heterocycles. The standard InChI is InChI=1S/C24H19ClN2O2/c1-16-19(25)13-8-14-20(16)26-22-21(18-11-6-3-7-12-18)23(28)27(24(22)29)15-17-9-4-2-5-10-17/h2-14,26H,15H2,1H3. The maximum Gasteiger partial charge on any atom is 0.278 e. The molecule has 4 rings (SSSR count). The van der Waals surface area contributed by atoms with Gasteiger partial charge in [0.15, 0.2) is 0 Å². The van der Waals surface area contributed by atoms with Gasteiger partial charge in [0.25, 0.3) is 11.8 Å². The lowest BCUT2D eigenvalue weighted by atomic mass is 10.0. The van der Waals surface area contributed by atoms with Crippen LogP contribution in [0.2, 0.25) is 5.02 Å². The van der Waals surface area contributed by atoms with Crippen molar-refractivity contribution in [2.24, 2.45) is 0 Å². The number of hydrogen-bond donors (Lipinski definition) is 1. The van der Waals surface area contributed by atoms with Gasteiger partial charge in [0.1, 0.15) is 5.70 Å². The van der Waals surface area contributed by atoms with Crippen molar-refractivity contribution >= 4 is 34.7 Å². The van der Waals surface area contributed by atoms with E-state index in [-0.39, 0.29) is 24.1 Å². The van der Waals surface area contributed by atoms with Crippen molar-refractivity contribution < 1.29 is 9.59 Å². The molecular formula is C24H19ClN2O2. The van der Waals surface area contributed by atoms with Crippen molar-refractivity contribution in [1.82, 2.24) is 4.90 Å². The third-order valence-electron chi connectivity index (χ3n) is 4.94. The summed E-state index contributed by atoms with van der Waals surface area (Å²) >= 11 is 6.24. The number of nitrogens with zero attached hydrogens (tertiary/aromatic N) is 1. The van der Waals surface area contributed by atoms with Crippen LogP contribution in [0, 0.1) is 6.92 Å². The minimum absolute atomic E-state index is 0.217. The van der Waals surface area contributed by atoms with E-state index in [1.54, 1.807) is 6.07 Å². The molecule has 4 nitrogen and oxygen atoms in total. The van der Waals surface area contributed by atoms with E-state index in [1.165, 1.54) is 4.90 Å². The molecule has 0 radical (unpaired) electrons. The highest BCUT2D eigenvalue weighted by molar-refractivity contribution is 6.36. The van der Waals surface area contributed by atoms with E-state index in [1.807, 2.05) is 79.7 Å². The zero-order valence-corrected chi connectivity index (χ0v) is 16.6. The lowest BCUT2D eigenvalue weighted by molar-refractivity contribution is -0.137. The van der Waals surface area contributed by atoms with E-state index in [0.717, 1.165) is 11.1 Å². The molecule has 0 bridgehead atoms. The molecule has 0 spiro atoms. The highest BCUT2D eigenvalue weighted by atomic mass is 35.5. The molecule has 5 heteroatoms. The van der Waals surface area contributed by atoms with E-state index in [2.05, 4.69) is 5.32 Å². The van der Waals surface area contributed by atoms with Gasteiger partial charge in [-0.05, 0) is 35.7 Å². The zero-order valence-electron chi connectivity index (χ0n) is 15.9. The highest BCUT2D eigenvalue weighted by Gasteiger charge is 2.39. The SMILES string of the molecule is Cc1c(Cl)cccc1NC1=C(c2ccccc2)C(=O)N(Cc2ccccc2)C1=O. The number of hydrogen-bond acceptors (Lipinski definition) is 3. The minimum Gasteiger partial charge on any atom is -0.350 e. The Morgan fingerprint density at radius 3 is 2.17 bits per heavy atom. The molecule has 1 N–H and O–H groups in total. The Labute approximate surface area is 174 Å². The summed E-state index contributed by atoms with van der Waals surface area (Å²) in [7, 11) is 0. The number of amides is 2. The lowest BCUT2D eigenvalue weighted by Crippen LogP contribution is -2.32. The zero-order chi connectivity index (χ0) is 20.4. The normalized spacial score (nSPS) is 13.9. The molecule has 0 aromatic heterocycles. The maximum atomic E-state index is 13.3. The average Bonchev–Trinajstić information content (AvgIpc) is 2.97. The maximum absolute atomic E-state index is 13.3. The number of carbonyl (C=O) groups excluding carboxylic acids is 2. The van der Waals surface area contributed by atoms with Crippen molar-refractivity contribution in [3.8, 4) is 0 Å². The van der Waals surface area contributed by atoms with Crippen LogP contribution in [-0.4, -0.2) is 16.7 Å². The fourth-order valence-corrected chi connectivity index (χ4v) is 3.53. The predicted molar refractivity (Wildman–Crippen MR) is 115 cm³/mol. The summed E-state index contributed by atoms with van der Waals surface area (Å²) in [4.78, 5) is 27.8. The van der Waals surface area contributed by atoms with Gasteiger partial charge in [0, 0.05) is 10.7 Å². The molecule has 29 heavy (non-hydrogen) atoms. The quantitative estimate of drug-likeness (QED) is 0.608. The molecule has 1 aliphatic rings. The Kier molecular flexibility index (Phi) is 5.19. The third-order valence-corrected chi connectivity index (χ3v) is 5.35. The van der Waals surface area contributed by atoms with Crippen LogP contribution < -0.4 is 5.32 Å². The Hall–Kier alpha value is -3.37. The van der Waals surface area contributed by atoms with Crippen LogP contribution in [0.15, 0.2) is 84.6 Å². The first-order valence-corrected chi connectivity index (χ1v) is 9.66. The number of benzene rings is 3. The fourth-order valence-electron chi connectivity index (χ4n) is 3.35. The summed E-state index contributed by atoms with van der Waals surface area (Å²) in [6.07, 6.45) is 0. The van der Waals surface area contributed by atoms with Gasteiger partial charge in [-0.1, -0.05) is 78.3 Å². The summed E-state index contributed by atoms with van der Waals surface area (Å²) in [6.45, 7) is 2.09. The van der Waals surface area contributed by atoms with Gasteiger partial charge in [-0.15, -0.1) is 0 Å². The van der Waals surface area contributed by atoms with Crippen LogP contribution in [0.25, 0.3) is 5.57 Å². The van der Waals surface area contributed by atoms with Crippen molar-refractivity contribution in [1.29, 1.82) is 0 Å². The highest BCUT2D eigenvalue weighted by Crippen LogP contribution is 2.33. The van der Waals surface area contributed by atoms with Crippen LogP contribution in [0.4, 0.5) is 5.69 Å². The molecular weight excluding hydrogens is 384 g/mol. The first kappa shape index (κ1) is 19.0. The predicted octanol–water partition coefficient (Wildman–Crippen LogP) is 5.04. The molecule has 0 fully saturated rings.